The van der Waals surface area contributed by atoms with E-state index in [1.54, 1.807) is 24.5 Å². The van der Waals surface area contributed by atoms with Crippen LogP contribution in [0, 0.1) is 0 Å². The monoisotopic (exact) mass is 406 g/mol. The number of anilines is 2. The minimum Gasteiger partial charge on any atom is -0.380 e. The van der Waals surface area contributed by atoms with Crippen LogP contribution in [0.2, 0.25) is 0 Å². The van der Waals surface area contributed by atoms with Crippen LogP contribution in [0.5, 0.6) is 0 Å². The lowest BCUT2D eigenvalue weighted by atomic mass is 10.3. The number of fused-ring (bicyclic) bond motifs is 2. The summed E-state index contributed by atoms with van der Waals surface area (Å²) in [7, 11) is 0. The number of hydrogen-bond donors (Lipinski definition) is 2. The summed E-state index contributed by atoms with van der Waals surface area (Å²) in [6.45, 7) is 16.0. The maximum absolute atomic E-state index is 5.43. The summed E-state index contributed by atoms with van der Waals surface area (Å²) in [5, 5.41) is 8.60. The standard InChI is InChI=1S/2C6H5N3O.4C2H6.CH4/c2*7-5-4-2-1-3-8-6(4)10-9-5;4*1-2;/h2*1-3H,(H2,7,9);4*1-2H3;1H4. The Balaban J connectivity index is -0.000000340. The third-order valence-corrected chi connectivity index (χ3v) is 2.56. The number of pyridine rings is 2. The molecule has 0 aliphatic heterocycles. The highest BCUT2D eigenvalue weighted by Crippen LogP contribution is 2.16. The molecule has 0 aliphatic rings. The summed E-state index contributed by atoms with van der Waals surface area (Å²) in [5.74, 6) is 0.784. The lowest BCUT2D eigenvalue weighted by Crippen LogP contribution is -1.82. The number of nitrogen functional groups attached to an aromatic ring is 2. The van der Waals surface area contributed by atoms with E-state index in [-0.39, 0.29) is 7.43 Å². The van der Waals surface area contributed by atoms with Crippen molar-refractivity contribution in [1.82, 2.24) is 20.3 Å². The van der Waals surface area contributed by atoms with E-state index >= 15 is 0 Å². The van der Waals surface area contributed by atoms with E-state index in [9.17, 15) is 0 Å². The SMILES string of the molecule is C.CC.CC.CC.CC.Nc1noc2ncccc12.Nc1noc2ncccc12. The summed E-state index contributed by atoms with van der Waals surface area (Å²) >= 11 is 0. The molecular weight excluding hydrogens is 368 g/mol. The fourth-order valence-corrected chi connectivity index (χ4v) is 1.60. The smallest absolute Gasteiger partial charge is 0.259 e. The average Bonchev–Trinajstić information content (AvgIpc) is 3.38. The van der Waals surface area contributed by atoms with Gasteiger partial charge in [0.2, 0.25) is 0 Å². The molecule has 0 fully saturated rings. The highest BCUT2D eigenvalue weighted by Gasteiger charge is 2.02. The average molecular weight is 407 g/mol. The quantitative estimate of drug-likeness (QED) is 0.345. The Morgan fingerprint density at radius 2 is 0.931 bits per heavy atom. The molecule has 0 spiro atoms. The Morgan fingerprint density at radius 3 is 1.21 bits per heavy atom. The van der Waals surface area contributed by atoms with E-state index in [2.05, 4.69) is 20.3 Å². The number of aromatic nitrogens is 4. The highest BCUT2D eigenvalue weighted by atomic mass is 16.5. The summed E-state index contributed by atoms with van der Waals surface area (Å²) in [5.41, 5.74) is 11.8. The predicted octanol–water partition coefficient (Wildman–Crippen LogP) is 6.35. The van der Waals surface area contributed by atoms with E-state index in [0.29, 0.717) is 23.1 Å². The minimum atomic E-state index is 0. The van der Waals surface area contributed by atoms with Crippen molar-refractivity contribution < 1.29 is 9.05 Å². The first-order chi connectivity index (χ1) is 13.8. The third-order valence-electron chi connectivity index (χ3n) is 2.56. The van der Waals surface area contributed by atoms with Crippen LogP contribution in [0.4, 0.5) is 11.6 Å². The van der Waals surface area contributed by atoms with E-state index < -0.39 is 0 Å². The number of rotatable bonds is 0. The van der Waals surface area contributed by atoms with E-state index in [0.717, 1.165) is 10.8 Å². The van der Waals surface area contributed by atoms with Crippen LogP contribution in [-0.2, 0) is 0 Å². The molecular formula is C21H38N6O2. The van der Waals surface area contributed by atoms with Gasteiger partial charge < -0.3 is 20.5 Å². The van der Waals surface area contributed by atoms with Gasteiger partial charge in [-0.25, -0.2) is 9.97 Å². The fourth-order valence-electron chi connectivity index (χ4n) is 1.60. The van der Waals surface area contributed by atoms with Crippen LogP contribution in [0.15, 0.2) is 45.7 Å². The first-order valence-electron chi connectivity index (χ1n) is 9.67. The Morgan fingerprint density at radius 1 is 0.621 bits per heavy atom. The van der Waals surface area contributed by atoms with Crippen LogP contribution in [0.1, 0.15) is 62.8 Å². The largest absolute Gasteiger partial charge is 0.380 e. The van der Waals surface area contributed by atoms with Gasteiger partial charge >= 0.3 is 0 Å². The molecule has 0 aromatic carbocycles. The molecule has 4 heterocycles. The molecule has 0 saturated heterocycles. The summed E-state index contributed by atoms with van der Waals surface area (Å²) in [6, 6.07) is 7.20. The molecule has 4 N–H and O–H groups in total. The van der Waals surface area contributed by atoms with Gasteiger partial charge in [0, 0.05) is 12.4 Å². The molecule has 0 aliphatic carbocycles. The van der Waals surface area contributed by atoms with Crippen molar-refractivity contribution >= 4 is 33.8 Å². The first-order valence-corrected chi connectivity index (χ1v) is 9.67. The molecule has 0 saturated carbocycles. The lowest BCUT2D eigenvalue weighted by Gasteiger charge is -1.81. The second-order valence-corrected chi connectivity index (χ2v) is 3.85. The van der Waals surface area contributed by atoms with Gasteiger partial charge in [0.05, 0.1) is 10.8 Å². The molecule has 4 aromatic heterocycles. The van der Waals surface area contributed by atoms with Crippen molar-refractivity contribution in [2.45, 2.75) is 62.8 Å². The molecule has 0 bridgehead atoms. The summed E-state index contributed by atoms with van der Waals surface area (Å²) in [4.78, 5) is 7.79. The van der Waals surface area contributed by atoms with Gasteiger partial charge in [-0.1, -0.05) is 73.1 Å². The molecule has 0 radical (unpaired) electrons. The van der Waals surface area contributed by atoms with Gasteiger partial charge in [0.25, 0.3) is 11.4 Å². The minimum absolute atomic E-state index is 0. The van der Waals surface area contributed by atoms with Crippen LogP contribution in [0.25, 0.3) is 22.2 Å². The van der Waals surface area contributed by atoms with Crippen molar-refractivity contribution in [2.75, 3.05) is 11.5 Å². The molecule has 4 rings (SSSR count). The maximum Gasteiger partial charge on any atom is 0.259 e. The van der Waals surface area contributed by atoms with E-state index in [1.165, 1.54) is 0 Å². The summed E-state index contributed by atoms with van der Waals surface area (Å²) < 4.78 is 9.53. The molecule has 8 nitrogen and oxygen atoms in total. The zero-order chi connectivity index (χ0) is 21.9. The zero-order valence-electron chi connectivity index (χ0n) is 18.2. The van der Waals surface area contributed by atoms with Gasteiger partial charge in [-0.05, 0) is 24.3 Å². The molecule has 8 heteroatoms. The zero-order valence-corrected chi connectivity index (χ0v) is 18.2. The van der Waals surface area contributed by atoms with Crippen molar-refractivity contribution in [3.05, 3.63) is 36.7 Å². The van der Waals surface area contributed by atoms with Gasteiger partial charge in [-0.2, -0.15) is 0 Å². The van der Waals surface area contributed by atoms with Gasteiger partial charge in [-0.15, -0.1) is 0 Å². The Hall–Kier alpha value is -3.16. The Bertz CT molecular complexity index is 786. The maximum atomic E-state index is 5.43. The van der Waals surface area contributed by atoms with Crippen LogP contribution >= 0.6 is 0 Å². The molecule has 164 valence electrons. The van der Waals surface area contributed by atoms with Crippen LogP contribution < -0.4 is 11.5 Å². The molecule has 29 heavy (non-hydrogen) atoms. The number of nitrogens with zero attached hydrogens (tertiary/aromatic N) is 4. The highest BCUT2D eigenvalue weighted by molar-refractivity contribution is 5.84. The lowest BCUT2D eigenvalue weighted by molar-refractivity contribution is 0.452. The topological polar surface area (TPSA) is 130 Å². The normalized spacial score (nSPS) is 8.00. The van der Waals surface area contributed by atoms with E-state index in [1.807, 2.05) is 67.5 Å². The fraction of sp³-hybridized carbons (Fsp3) is 0.429. The molecule has 0 amide bonds. The van der Waals surface area contributed by atoms with Crippen LogP contribution in [-0.4, -0.2) is 20.3 Å². The molecule has 4 aromatic rings. The van der Waals surface area contributed by atoms with Crippen LogP contribution in [0.3, 0.4) is 0 Å². The van der Waals surface area contributed by atoms with Gasteiger partial charge in [-0.3, -0.25) is 0 Å². The second kappa shape index (κ2) is 19.6. The van der Waals surface area contributed by atoms with Crippen molar-refractivity contribution in [3.8, 4) is 0 Å². The first kappa shape index (κ1) is 30.6. The molecule has 0 atom stereocenters. The third kappa shape index (κ3) is 9.55. The van der Waals surface area contributed by atoms with Gasteiger partial charge in [0.1, 0.15) is 0 Å². The second-order valence-electron chi connectivity index (χ2n) is 3.85. The Labute approximate surface area is 174 Å². The van der Waals surface area contributed by atoms with Crippen molar-refractivity contribution in [2.24, 2.45) is 0 Å². The number of hydrogen-bond acceptors (Lipinski definition) is 8. The number of nitrogens with two attached hydrogens (primary N) is 2. The predicted molar refractivity (Wildman–Crippen MR) is 125 cm³/mol. The van der Waals surface area contributed by atoms with Crippen molar-refractivity contribution in [3.63, 3.8) is 0 Å². The van der Waals surface area contributed by atoms with Gasteiger partial charge in [0.15, 0.2) is 11.6 Å². The summed E-state index contributed by atoms with van der Waals surface area (Å²) in [6.07, 6.45) is 3.26. The van der Waals surface area contributed by atoms with Crippen molar-refractivity contribution in [1.29, 1.82) is 0 Å². The Kier molecular flexibility index (Phi) is 20.7. The van der Waals surface area contributed by atoms with E-state index in [4.69, 9.17) is 20.5 Å². The molecule has 0 unspecified atom stereocenters.